The van der Waals surface area contributed by atoms with E-state index in [1.165, 1.54) is 28.6 Å². The Morgan fingerprint density at radius 3 is 2.31 bits per heavy atom. The van der Waals surface area contributed by atoms with Gasteiger partial charge in [0.15, 0.2) is 0 Å². The number of aliphatic hydroxyl groups excluding tert-OH is 1. The van der Waals surface area contributed by atoms with Gasteiger partial charge in [-0.15, -0.1) is 0 Å². The molecular weight excluding hydrogens is 468 g/mol. The van der Waals surface area contributed by atoms with Gasteiger partial charge in [0.05, 0.1) is 30.3 Å². The van der Waals surface area contributed by atoms with E-state index in [-0.39, 0.29) is 29.9 Å². The molecule has 1 aliphatic heterocycles. The molecule has 1 fully saturated rings. The molecule has 1 aliphatic rings. The molecule has 2 aromatic rings. The van der Waals surface area contributed by atoms with Crippen LogP contribution in [-0.2, 0) is 21.2 Å². The zero-order valence-corrected chi connectivity index (χ0v) is 21.2. The molecule has 1 heterocycles. The first-order valence-corrected chi connectivity index (χ1v) is 13.3. The number of nitrogens with one attached hydrogen (secondary N) is 1. The number of sulfonamides is 1. The van der Waals surface area contributed by atoms with Crippen LogP contribution in [0.3, 0.4) is 0 Å². The molecule has 2 aromatic carbocycles. The number of ether oxygens (including phenoxy) is 1. The van der Waals surface area contributed by atoms with Crippen LogP contribution in [0.2, 0.25) is 0 Å². The molecule has 0 bridgehead atoms. The van der Waals surface area contributed by atoms with Gasteiger partial charge in [0.25, 0.3) is 0 Å². The van der Waals surface area contributed by atoms with Crippen molar-refractivity contribution in [2.24, 2.45) is 5.92 Å². The summed E-state index contributed by atoms with van der Waals surface area (Å²) >= 11 is 0. The molecule has 1 saturated heterocycles. The third-order valence-electron chi connectivity index (χ3n) is 5.85. The minimum absolute atomic E-state index is 0.0290. The third-order valence-corrected chi connectivity index (χ3v) is 7.69. The van der Waals surface area contributed by atoms with Gasteiger partial charge < -0.3 is 25.8 Å². The standard InChI is InChI=1S/C25H36N4O5S/c1-19(2)17-29(35(32,33)22-10-8-21(26)9-11-22)18-24(30)23(16-20-6-4-3-5-7-20)27-25(31)28-12-14-34-15-13-28/h3-11,19,23-24,30H,12-18,26H2,1-2H3,(H,27,31)/t23-,24+/m0/s1. The lowest BCUT2D eigenvalue weighted by Gasteiger charge is -2.33. The number of hydrogen-bond acceptors (Lipinski definition) is 6. The number of benzene rings is 2. The fraction of sp³-hybridized carbons (Fsp3) is 0.480. The van der Waals surface area contributed by atoms with Crippen LogP contribution in [0, 0.1) is 5.92 Å². The lowest BCUT2D eigenvalue weighted by molar-refractivity contribution is 0.0485. The van der Waals surface area contributed by atoms with E-state index in [4.69, 9.17) is 10.5 Å². The van der Waals surface area contributed by atoms with E-state index in [0.29, 0.717) is 38.4 Å². The number of nitrogens with zero attached hydrogens (tertiary/aromatic N) is 2. The van der Waals surface area contributed by atoms with E-state index >= 15 is 0 Å². The Morgan fingerprint density at radius 2 is 1.71 bits per heavy atom. The van der Waals surface area contributed by atoms with E-state index in [2.05, 4.69) is 5.32 Å². The molecule has 192 valence electrons. The summed E-state index contributed by atoms with van der Waals surface area (Å²) in [6.07, 6.45) is -0.780. The molecular formula is C25H36N4O5S. The topological polar surface area (TPSA) is 125 Å². The van der Waals surface area contributed by atoms with Crippen molar-refractivity contribution in [2.75, 3.05) is 45.1 Å². The van der Waals surface area contributed by atoms with Crippen LogP contribution < -0.4 is 11.1 Å². The van der Waals surface area contributed by atoms with Crippen LogP contribution >= 0.6 is 0 Å². The molecule has 0 spiro atoms. The minimum atomic E-state index is -3.89. The summed E-state index contributed by atoms with van der Waals surface area (Å²) in [4.78, 5) is 14.7. The Kier molecular flexibility index (Phi) is 9.50. The number of urea groups is 1. The van der Waals surface area contributed by atoms with Crippen molar-refractivity contribution in [1.29, 1.82) is 0 Å². The summed E-state index contributed by atoms with van der Waals surface area (Å²) in [5.41, 5.74) is 7.12. The highest BCUT2D eigenvalue weighted by atomic mass is 32.2. The summed E-state index contributed by atoms with van der Waals surface area (Å²) in [5, 5.41) is 14.2. The van der Waals surface area contributed by atoms with Gasteiger partial charge >= 0.3 is 6.03 Å². The molecule has 4 N–H and O–H groups in total. The molecule has 35 heavy (non-hydrogen) atoms. The maximum absolute atomic E-state index is 13.4. The molecule has 9 nitrogen and oxygen atoms in total. The smallest absolute Gasteiger partial charge is 0.317 e. The zero-order chi connectivity index (χ0) is 25.4. The number of nitrogens with two attached hydrogens (primary N) is 1. The number of anilines is 1. The van der Waals surface area contributed by atoms with Gasteiger partial charge in [-0.25, -0.2) is 13.2 Å². The highest BCUT2D eigenvalue weighted by molar-refractivity contribution is 7.89. The highest BCUT2D eigenvalue weighted by Crippen LogP contribution is 2.20. The predicted octanol–water partition coefficient (Wildman–Crippen LogP) is 1.93. The van der Waals surface area contributed by atoms with Gasteiger partial charge in [0.2, 0.25) is 10.0 Å². The van der Waals surface area contributed by atoms with Crippen molar-refractivity contribution < 1.29 is 23.1 Å². The van der Waals surface area contributed by atoms with E-state index < -0.39 is 22.2 Å². The second kappa shape index (κ2) is 12.3. The summed E-state index contributed by atoms with van der Waals surface area (Å²) in [6.45, 7) is 5.74. The quantitative estimate of drug-likeness (QED) is 0.425. The van der Waals surface area contributed by atoms with Crippen LogP contribution in [-0.4, -0.2) is 80.3 Å². The second-order valence-electron chi connectivity index (χ2n) is 9.20. The highest BCUT2D eigenvalue weighted by Gasteiger charge is 2.32. The lowest BCUT2D eigenvalue weighted by Crippen LogP contribution is -2.55. The van der Waals surface area contributed by atoms with E-state index in [1.54, 1.807) is 4.90 Å². The Morgan fingerprint density at radius 1 is 1.09 bits per heavy atom. The number of hydrogen-bond donors (Lipinski definition) is 3. The van der Waals surface area contributed by atoms with Gasteiger partial charge in [0.1, 0.15) is 0 Å². The molecule has 0 unspecified atom stereocenters. The Balaban J connectivity index is 1.82. The number of carbonyl (C=O) groups excluding carboxylic acids is 1. The first-order valence-electron chi connectivity index (χ1n) is 11.9. The van der Waals surface area contributed by atoms with Crippen molar-refractivity contribution in [3.63, 3.8) is 0 Å². The molecule has 3 rings (SSSR count). The average molecular weight is 505 g/mol. The Bertz CT molecular complexity index is 1040. The number of nitrogen functional groups attached to an aromatic ring is 1. The average Bonchev–Trinajstić information content (AvgIpc) is 2.84. The maximum Gasteiger partial charge on any atom is 0.317 e. The van der Waals surface area contributed by atoms with Crippen molar-refractivity contribution in [3.05, 3.63) is 60.2 Å². The number of amides is 2. The van der Waals surface area contributed by atoms with Gasteiger partial charge in [-0.2, -0.15) is 4.31 Å². The summed E-state index contributed by atoms with van der Waals surface area (Å²) in [7, 11) is -3.89. The van der Waals surface area contributed by atoms with Crippen molar-refractivity contribution in [3.8, 4) is 0 Å². The van der Waals surface area contributed by atoms with Crippen molar-refractivity contribution in [2.45, 2.75) is 37.3 Å². The fourth-order valence-electron chi connectivity index (χ4n) is 3.97. The second-order valence-corrected chi connectivity index (χ2v) is 11.1. The maximum atomic E-state index is 13.4. The van der Waals surface area contributed by atoms with E-state index in [9.17, 15) is 18.3 Å². The monoisotopic (exact) mass is 504 g/mol. The van der Waals surface area contributed by atoms with Crippen LogP contribution in [0.15, 0.2) is 59.5 Å². The van der Waals surface area contributed by atoms with Crippen LogP contribution in [0.4, 0.5) is 10.5 Å². The Hall–Kier alpha value is -2.66. The molecule has 0 aromatic heterocycles. The van der Waals surface area contributed by atoms with Gasteiger partial charge in [-0.05, 0) is 42.2 Å². The first-order chi connectivity index (χ1) is 16.7. The van der Waals surface area contributed by atoms with Crippen LogP contribution in [0.25, 0.3) is 0 Å². The zero-order valence-electron chi connectivity index (χ0n) is 20.3. The summed E-state index contributed by atoms with van der Waals surface area (Å²) in [6, 6.07) is 14.5. The molecule has 2 amide bonds. The lowest BCUT2D eigenvalue weighted by atomic mass is 10.0. The van der Waals surface area contributed by atoms with Crippen LogP contribution in [0.5, 0.6) is 0 Å². The van der Waals surface area contributed by atoms with Gasteiger partial charge in [-0.1, -0.05) is 44.2 Å². The van der Waals surface area contributed by atoms with Gasteiger partial charge in [0, 0.05) is 31.9 Å². The SMILES string of the molecule is CC(C)CN(C[C@@H](O)[C@H](Cc1ccccc1)NC(=O)N1CCOCC1)S(=O)(=O)c1ccc(N)cc1. The minimum Gasteiger partial charge on any atom is -0.399 e. The predicted molar refractivity (Wildman–Crippen MR) is 135 cm³/mol. The summed E-state index contributed by atoms with van der Waals surface area (Å²) in [5.74, 6) is 0.0290. The number of rotatable bonds is 10. The van der Waals surface area contributed by atoms with Gasteiger partial charge in [-0.3, -0.25) is 0 Å². The number of morpholine rings is 1. The first kappa shape index (κ1) is 26.9. The number of aliphatic hydroxyl groups is 1. The summed E-state index contributed by atoms with van der Waals surface area (Å²) < 4.78 is 33.5. The third kappa shape index (κ3) is 7.66. The number of carbonyl (C=O) groups is 1. The van der Waals surface area contributed by atoms with E-state index in [0.717, 1.165) is 5.56 Å². The molecule has 10 heteroatoms. The van der Waals surface area contributed by atoms with Crippen molar-refractivity contribution >= 4 is 21.7 Å². The van der Waals surface area contributed by atoms with Crippen molar-refractivity contribution in [1.82, 2.24) is 14.5 Å². The molecule has 2 atom stereocenters. The molecule has 0 aliphatic carbocycles. The normalized spacial score (nSPS) is 16.3. The molecule has 0 saturated carbocycles. The van der Waals surface area contributed by atoms with E-state index in [1.807, 2.05) is 44.2 Å². The largest absolute Gasteiger partial charge is 0.399 e. The Labute approximate surface area is 207 Å². The molecule has 0 radical (unpaired) electrons. The van der Waals surface area contributed by atoms with Crippen LogP contribution in [0.1, 0.15) is 19.4 Å². The fourth-order valence-corrected chi connectivity index (χ4v) is 5.59.